The van der Waals surface area contributed by atoms with Gasteiger partial charge in [0.15, 0.2) is 5.96 Å². The van der Waals surface area contributed by atoms with Gasteiger partial charge in [-0.3, -0.25) is 9.67 Å². The summed E-state index contributed by atoms with van der Waals surface area (Å²) in [6.45, 7) is 1.66. The van der Waals surface area contributed by atoms with Crippen molar-refractivity contribution in [2.75, 3.05) is 7.05 Å². The van der Waals surface area contributed by atoms with E-state index in [1.165, 1.54) is 11.6 Å². The molecule has 0 spiro atoms. The highest BCUT2D eigenvalue weighted by atomic mass is 79.9. The molecule has 3 rings (SSSR count). The first-order valence-corrected chi connectivity index (χ1v) is 9.37. The maximum absolute atomic E-state index is 13.9. The van der Waals surface area contributed by atoms with Crippen LogP contribution in [0.25, 0.3) is 0 Å². The van der Waals surface area contributed by atoms with E-state index in [1.807, 2.05) is 29.1 Å². The average molecular weight is 430 g/mol. The molecule has 0 aliphatic rings. The number of guanidine groups is 1. The van der Waals surface area contributed by atoms with Crippen LogP contribution in [0.5, 0.6) is 0 Å². The van der Waals surface area contributed by atoms with Gasteiger partial charge in [0.1, 0.15) is 5.82 Å². The van der Waals surface area contributed by atoms with Crippen LogP contribution in [0, 0.1) is 5.82 Å². The van der Waals surface area contributed by atoms with Crippen molar-refractivity contribution >= 4 is 21.9 Å². The van der Waals surface area contributed by atoms with Crippen molar-refractivity contribution in [2.45, 2.75) is 19.6 Å². The first-order chi connectivity index (χ1) is 13.2. The van der Waals surface area contributed by atoms with E-state index >= 15 is 0 Å². The number of aliphatic imine (C=N–C) groups is 1. The van der Waals surface area contributed by atoms with Gasteiger partial charge in [0.25, 0.3) is 0 Å². The van der Waals surface area contributed by atoms with Gasteiger partial charge in [0, 0.05) is 42.6 Å². The Morgan fingerprint density at radius 1 is 1.07 bits per heavy atom. The fourth-order valence-corrected chi connectivity index (χ4v) is 3.12. The molecule has 0 radical (unpaired) electrons. The Morgan fingerprint density at radius 3 is 2.52 bits per heavy atom. The van der Waals surface area contributed by atoms with Crippen LogP contribution in [0.1, 0.15) is 16.7 Å². The quantitative estimate of drug-likeness (QED) is 0.463. The summed E-state index contributed by atoms with van der Waals surface area (Å²) in [5.41, 5.74) is 2.91. The Hall–Kier alpha value is -2.67. The second-order valence-corrected chi connectivity index (χ2v) is 6.90. The van der Waals surface area contributed by atoms with Crippen LogP contribution in [0.3, 0.4) is 0 Å². The predicted octanol–water partition coefficient (Wildman–Crippen LogP) is 3.70. The third kappa shape index (κ3) is 5.40. The SMILES string of the molecule is CN=C(NCc1cc(Br)ccc1F)NCc1ccccc1Cn1cccn1. The van der Waals surface area contributed by atoms with Crippen LogP contribution in [-0.4, -0.2) is 22.8 Å². The summed E-state index contributed by atoms with van der Waals surface area (Å²) in [7, 11) is 1.70. The molecule has 0 saturated carbocycles. The van der Waals surface area contributed by atoms with Crippen molar-refractivity contribution in [3.8, 4) is 0 Å². The van der Waals surface area contributed by atoms with Gasteiger partial charge in [-0.15, -0.1) is 0 Å². The van der Waals surface area contributed by atoms with Crippen molar-refractivity contribution in [1.82, 2.24) is 20.4 Å². The molecule has 1 aromatic heterocycles. The molecule has 0 bridgehead atoms. The minimum absolute atomic E-state index is 0.245. The van der Waals surface area contributed by atoms with Gasteiger partial charge < -0.3 is 10.6 Å². The molecule has 0 aliphatic heterocycles. The molecular weight excluding hydrogens is 409 g/mol. The minimum Gasteiger partial charge on any atom is -0.352 e. The fraction of sp³-hybridized carbons (Fsp3) is 0.200. The number of rotatable bonds is 6. The number of aromatic nitrogens is 2. The fourth-order valence-electron chi connectivity index (χ4n) is 2.71. The number of halogens is 2. The van der Waals surface area contributed by atoms with E-state index in [-0.39, 0.29) is 5.82 Å². The van der Waals surface area contributed by atoms with Crippen molar-refractivity contribution in [3.05, 3.63) is 87.9 Å². The lowest BCUT2D eigenvalue weighted by Crippen LogP contribution is -2.36. The molecule has 0 amide bonds. The normalized spacial score (nSPS) is 11.4. The highest BCUT2D eigenvalue weighted by molar-refractivity contribution is 9.10. The zero-order valence-corrected chi connectivity index (χ0v) is 16.6. The van der Waals surface area contributed by atoms with Gasteiger partial charge in [-0.25, -0.2) is 4.39 Å². The number of nitrogens with zero attached hydrogens (tertiary/aromatic N) is 3. The van der Waals surface area contributed by atoms with E-state index < -0.39 is 0 Å². The van der Waals surface area contributed by atoms with Crippen molar-refractivity contribution < 1.29 is 4.39 Å². The molecule has 0 unspecified atom stereocenters. The molecule has 7 heteroatoms. The summed E-state index contributed by atoms with van der Waals surface area (Å²) < 4.78 is 16.6. The zero-order valence-electron chi connectivity index (χ0n) is 15.0. The second kappa shape index (κ2) is 9.32. The molecule has 0 fully saturated rings. The van der Waals surface area contributed by atoms with E-state index in [0.29, 0.717) is 31.2 Å². The Balaban J connectivity index is 1.60. The first kappa shape index (κ1) is 19.1. The lowest BCUT2D eigenvalue weighted by atomic mass is 10.1. The molecule has 0 saturated heterocycles. The smallest absolute Gasteiger partial charge is 0.191 e. The molecule has 27 heavy (non-hydrogen) atoms. The van der Waals surface area contributed by atoms with E-state index in [0.717, 1.165) is 10.0 Å². The summed E-state index contributed by atoms with van der Waals surface area (Å²) in [5, 5.41) is 10.7. The van der Waals surface area contributed by atoms with E-state index in [2.05, 4.69) is 48.8 Å². The molecule has 5 nitrogen and oxygen atoms in total. The van der Waals surface area contributed by atoms with Crippen LogP contribution in [0.15, 0.2) is 70.4 Å². The Morgan fingerprint density at radius 2 is 1.81 bits per heavy atom. The highest BCUT2D eigenvalue weighted by Crippen LogP contribution is 2.15. The summed E-state index contributed by atoms with van der Waals surface area (Å²) >= 11 is 3.37. The Bertz CT molecular complexity index is 908. The topological polar surface area (TPSA) is 54.2 Å². The molecule has 3 aromatic rings. The van der Waals surface area contributed by atoms with Gasteiger partial charge in [0.2, 0.25) is 0 Å². The minimum atomic E-state index is -0.245. The number of nitrogens with one attached hydrogen (secondary N) is 2. The molecule has 140 valence electrons. The van der Waals surface area contributed by atoms with E-state index in [9.17, 15) is 4.39 Å². The number of benzene rings is 2. The van der Waals surface area contributed by atoms with Crippen molar-refractivity contribution in [2.24, 2.45) is 4.99 Å². The van der Waals surface area contributed by atoms with Gasteiger partial charge in [0.05, 0.1) is 6.54 Å². The largest absolute Gasteiger partial charge is 0.352 e. The predicted molar refractivity (Wildman–Crippen MR) is 109 cm³/mol. The molecule has 2 N–H and O–H groups in total. The van der Waals surface area contributed by atoms with Gasteiger partial charge >= 0.3 is 0 Å². The van der Waals surface area contributed by atoms with Crippen molar-refractivity contribution in [3.63, 3.8) is 0 Å². The van der Waals surface area contributed by atoms with Gasteiger partial charge in [-0.2, -0.15) is 5.10 Å². The average Bonchev–Trinajstić information content (AvgIpc) is 3.18. The van der Waals surface area contributed by atoms with E-state index in [4.69, 9.17) is 0 Å². The highest BCUT2D eigenvalue weighted by Gasteiger charge is 2.07. The monoisotopic (exact) mass is 429 g/mol. The second-order valence-electron chi connectivity index (χ2n) is 5.99. The summed E-state index contributed by atoms with van der Waals surface area (Å²) in [6, 6.07) is 15.0. The zero-order chi connectivity index (χ0) is 19.1. The van der Waals surface area contributed by atoms with Gasteiger partial charge in [-0.1, -0.05) is 40.2 Å². The number of hydrogen-bond donors (Lipinski definition) is 2. The molecule has 2 aromatic carbocycles. The molecular formula is C20H21BrFN5. The van der Waals surface area contributed by atoms with Crippen LogP contribution < -0.4 is 10.6 Å². The van der Waals surface area contributed by atoms with Crippen LogP contribution >= 0.6 is 15.9 Å². The van der Waals surface area contributed by atoms with Crippen LogP contribution in [0.2, 0.25) is 0 Å². The summed E-state index contributed by atoms with van der Waals surface area (Å²) in [4.78, 5) is 4.22. The lowest BCUT2D eigenvalue weighted by molar-refractivity contribution is 0.604. The number of hydrogen-bond acceptors (Lipinski definition) is 2. The Labute approximate surface area is 166 Å². The maximum Gasteiger partial charge on any atom is 0.191 e. The molecule has 0 atom stereocenters. The molecule has 1 heterocycles. The summed E-state index contributed by atoms with van der Waals surface area (Å²) in [6.07, 6.45) is 3.71. The van der Waals surface area contributed by atoms with Crippen LogP contribution in [-0.2, 0) is 19.6 Å². The van der Waals surface area contributed by atoms with Crippen molar-refractivity contribution in [1.29, 1.82) is 0 Å². The third-order valence-corrected chi connectivity index (χ3v) is 4.63. The van der Waals surface area contributed by atoms with E-state index in [1.54, 1.807) is 25.4 Å². The van der Waals surface area contributed by atoms with Gasteiger partial charge in [-0.05, 0) is 35.4 Å². The summed E-state index contributed by atoms with van der Waals surface area (Å²) in [5.74, 6) is 0.369. The van der Waals surface area contributed by atoms with Crippen LogP contribution in [0.4, 0.5) is 4.39 Å². The molecule has 0 aliphatic carbocycles. The lowest BCUT2D eigenvalue weighted by Gasteiger charge is -2.15. The maximum atomic E-state index is 13.9. The Kier molecular flexibility index (Phi) is 6.59. The third-order valence-electron chi connectivity index (χ3n) is 4.13. The standard InChI is InChI=1S/C20H21BrFN5/c1-23-20(25-13-17-11-18(21)7-8-19(17)22)24-12-15-5-2-3-6-16(15)14-27-10-4-9-26-27/h2-11H,12-14H2,1H3,(H2,23,24,25). The first-order valence-electron chi connectivity index (χ1n) is 8.58.